The van der Waals surface area contributed by atoms with Crippen molar-refractivity contribution in [2.24, 2.45) is 5.73 Å². The third-order valence-corrected chi connectivity index (χ3v) is 4.94. The number of methoxy groups -OCH3 is 1. The van der Waals surface area contributed by atoms with E-state index in [2.05, 4.69) is 5.32 Å². The minimum atomic E-state index is -0.724. The minimum Gasteiger partial charge on any atom is -0.482 e. The average molecular weight is 417 g/mol. The summed E-state index contributed by atoms with van der Waals surface area (Å²) in [5.74, 6) is -1.77. The van der Waals surface area contributed by atoms with Gasteiger partial charge in [0.25, 0.3) is 11.8 Å². The number of primary amides is 1. The Morgan fingerprint density at radius 1 is 1.24 bits per heavy atom. The highest BCUT2D eigenvalue weighted by Gasteiger charge is 2.26. The van der Waals surface area contributed by atoms with Gasteiger partial charge >= 0.3 is 5.97 Å². The zero-order valence-corrected chi connectivity index (χ0v) is 16.6. The molecule has 0 saturated carbocycles. The van der Waals surface area contributed by atoms with Crippen molar-refractivity contribution in [3.05, 3.63) is 45.8 Å². The second-order valence-corrected chi connectivity index (χ2v) is 6.72. The number of hydrogen-bond donors (Lipinski definition) is 2. The fourth-order valence-corrected chi connectivity index (χ4v) is 3.43. The van der Waals surface area contributed by atoms with Crippen LogP contribution >= 0.6 is 11.3 Å². The van der Waals surface area contributed by atoms with E-state index >= 15 is 0 Å². The predicted molar refractivity (Wildman–Crippen MR) is 105 cm³/mol. The van der Waals surface area contributed by atoms with Gasteiger partial charge in [-0.25, -0.2) is 4.79 Å². The molecule has 1 aromatic heterocycles. The summed E-state index contributed by atoms with van der Waals surface area (Å²) in [6.07, 6.45) is 0. The molecule has 0 fully saturated rings. The average Bonchev–Trinajstić information content (AvgIpc) is 3.02. The zero-order valence-electron chi connectivity index (χ0n) is 15.8. The second-order valence-electron chi connectivity index (χ2n) is 5.70. The van der Waals surface area contributed by atoms with Crippen LogP contribution in [0.5, 0.6) is 5.75 Å². The summed E-state index contributed by atoms with van der Waals surface area (Å²) in [4.78, 5) is 36.5. The van der Waals surface area contributed by atoms with Crippen LogP contribution < -0.4 is 15.8 Å². The van der Waals surface area contributed by atoms with Crippen LogP contribution in [-0.2, 0) is 14.3 Å². The summed E-state index contributed by atoms with van der Waals surface area (Å²) >= 11 is 0.873. The van der Waals surface area contributed by atoms with Gasteiger partial charge in [-0.05, 0) is 24.6 Å². The van der Waals surface area contributed by atoms with E-state index in [0.717, 1.165) is 11.3 Å². The Kier molecular flexibility index (Phi) is 7.70. The monoisotopic (exact) mass is 417 g/mol. The van der Waals surface area contributed by atoms with Crippen LogP contribution in [0.2, 0.25) is 0 Å². The number of nitrogens with two attached hydrogens (primary N) is 1. The van der Waals surface area contributed by atoms with E-state index in [1.54, 1.807) is 31.2 Å². The van der Waals surface area contributed by atoms with Crippen molar-refractivity contribution in [2.75, 3.05) is 32.2 Å². The topological polar surface area (TPSA) is 141 Å². The number of nitrogens with one attached hydrogen (secondary N) is 1. The molecule has 0 atom stereocenters. The largest absolute Gasteiger partial charge is 0.482 e. The lowest BCUT2D eigenvalue weighted by molar-refractivity contribution is -0.118. The van der Waals surface area contributed by atoms with Gasteiger partial charge in [0.1, 0.15) is 23.4 Å². The fraction of sp³-hybridized carbons (Fsp3) is 0.263. The lowest BCUT2D eigenvalue weighted by atomic mass is 10.1. The first-order valence-electron chi connectivity index (χ1n) is 8.40. The summed E-state index contributed by atoms with van der Waals surface area (Å²) in [7, 11) is 1.46. The Balaban J connectivity index is 2.16. The number of para-hydroxylation sites is 1. The number of carbonyl (C=O) groups excluding carboxylic acids is 3. The fourth-order valence-electron chi connectivity index (χ4n) is 2.36. The van der Waals surface area contributed by atoms with Crippen LogP contribution in [0, 0.1) is 18.3 Å². The van der Waals surface area contributed by atoms with Crippen LogP contribution in [0.15, 0.2) is 24.3 Å². The van der Waals surface area contributed by atoms with Crippen LogP contribution in [0.3, 0.4) is 0 Å². The smallest absolute Gasteiger partial charge is 0.341 e. The van der Waals surface area contributed by atoms with Gasteiger partial charge in [-0.15, -0.1) is 11.3 Å². The summed E-state index contributed by atoms with van der Waals surface area (Å²) in [6, 6.07) is 8.43. The van der Waals surface area contributed by atoms with E-state index in [-0.39, 0.29) is 40.0 Å². The first-order valence-corrected chi connectivity index (χ1v) is 9.21. The molecule has 3 N–H and O–H groups in total. The number of nitriles is 1. The Morgan fingerprint density at radius 3 is 2.62 bits per heavy atom. The highest BCUT2D eigenvalue weighted by Crippen LogP contribution is 2.33. The molecule has 29 heavy (non-hydrogen) atoms. The van der Waals surface area contributed by atoms with Gasteiger partial charge in [0.2, 0.25) is 0 Å². The number of benzene rings is 1. The number of hydrogen-bond acceptors (Lipinski definition) is 8. The molecule has 9 nitrogen and oxygen atoms in total. The number of ether oxygens (including phenoxy) is 3. The third-order valence-electron chi connectivity index (χ3n) is 3.71. The zero-order chi connectivity index (χ0) is 21.4. The number of esters is 1. The van der Waals surface area contributed by atoms with Crippen molar-refractivity contribution in [3.63, 3.8) is 0 Å². The van der Waals surface area contributed by atoms with E-state index < -0.39 is 24.4 Å². The van der Waals surface area contributed by atoms with Gasteiger partial charge < -0.3 is 25.3 Å². The van der Waals surface area contributed by atoms with Gasteiger partial charge in [0.15, 0.2) is 6.61 Å². The molecule has 0 aliphatic carbocycles. The maximum absolute atomic E-state index is 12.4. The van der Waals surface area contributed by atoms with Crippen molar-refractivity contribution in [1.82, 2.24) is 0 Å². The molecule has 0 radical (unpaired) electrons. The SMILES string of the molecule is COCCOC(=O)c1c(NC(=O)COc2ccccc2C#N)sc(C(N)=O)c1C. The standard InChI is InChI=1S/C19H19N3O6S/c1-11-15(19(25)27-8-7-26-2)18(29-16(11)17(21)24)22-14(23)10-28-13-6-4-3-5-12(13)9-20/h3-6H,7-8,10H2,1-2H3,(H2,21,24)(H,22,23). The number of thiophene rings is 1. The Bertz CT molecular complexity index is 963. The van der Waals surface area contributed by atoms with Gasteiger partial charge in [0.05, 0.1) is 22.6 Å². The lowest BCUT2D eigenvalue weighted by Gasteiger charge is -2.09. The Morgan fingerprint density at radius 2 is 1.97 bits per heavy atom. The lowest BCUT2D eigenvalue weighted by Crippen LogP contribution is -2.21. The molecule has 0 unspecified atom stereocenters. The molecule has 2 amide bonds. The normalized spacial score (nSPS) is 10.1. The molecular formula is C19H19N3O6S. The molecule has 0 bridgehead atoms. The summed E-state index contributed by atoms with van der Waals surface area (Å²) in [6.45, 7) is 1.35. The van der Waals surface area contributed by atoms with E-state index in [1.165, 1.54) is 7.11 Å². The van der Waals surface area contributed by atoms with E-state index in [9.17, 15) is 14.4 Å². The van der Waals surface area contributed by atoms with Crippen LogP contribution in [0.25, 0.3) is 0 Å². The van der Waals surface area contributed by atoms with Gasteiger partial charge in [-0.2, -0.15) is 5.26 Å². The molecule has 0 aliphatic rings. The highest BCUT2D eigenvalue weighted by atomic mass is 32.1. The molecule has 2 aromatic rings. The molecule has 10 heteroatoms. The maximum atomic E-state index is 12.4. The molecule has 2 rings (SSSR count). The van der Waals surface area contributed by atoms with E-state index in [1.807, 2.05) is 6.07 Å². The van der Waals surface area contributed by atoms with Crippen molar-refractivity contribution in [1.29, 1.82) is 5.26 Å². The van der Waals surface area contributed by atoms with Gasteiger partial charge in [-0.3, -0.25) is 9.59 Å². The summed E-state index contributed by atoms with van der Waals surface area (Å²) in [5.41, 5.74) is 5.99. The first kappa shape index (κ1) is 21.9. The van der Waals surface area contributed by atoms with Crippen molar-refractivity contribution < 1.29 is 28.6 Å². The second kappa shape index (κ2) is 10.2. The molecule has 0 saturated heterocycles. The molecular weight excluding hydrogens is 398 g/mol. The number of carbonyl (C=O) groups is 3. The number of nitrogens with zero attached hydrogens (tertiary/aromatic N) is 1. The van der Waals surface area contributed by atoms with E-state index in [0.29, 0.717) is 5.56 Å². The molecule has 0 spiro atoms. The maximum Gasteiger partial charge on any atom is 0.341 e. The van der Waals surface area contributed by atoms with Gasteiger partial charge in [0, 0.05) is 7.11 Å². The third kappa shape index (κ3) is 5.54. The highest BCUT2D eigenvalue weighted by molar-refractivity contribution is 7.18. The Hall–Kier alpha value is -3.42. The molecule has 0 aliphatic heterocycles. The molecule has 1 heterocycles. The quantitative estimate of drug-likeness (QED) is 0.468. The number of amides is 2. The van der Waals surface area contributed by atoms with Crippen molar-refractivity contribution >= 4 is 34.1 Å². The van der Waals surface area contributed by atoms with Gasteiger partial charge in [-0.1, -0.05) is 12.1 Å². The van der Waals surface area contributed by atoms with Crippen LogP contribution in [0.4, 0.5) is 5.00 Å². The number of rotatable bonds is 9. The summed E-state index contributed by atoms with van der Waals surface area (Å²) in [5, 5.41) is 11.7. The number of anilines is 1. The van der Waals surface area contributed by atoms with Crippen LogP contribution in [-0.4, -0.2) is 44.7 Å². The van der Waals surface area contributed by atoms with Crippen molar-refractivity contribution in [3.8, 4) is 11.8 Å². The van der Waals surface area contributed by atoms with Crippen LogP contribution in [0.1, 0.15) is 31.2 Å². The van der Waals surface area contributed by atoms with E-state index in [4.69, 9.17) is 25.2 Å². The molecule has 1 aromatic carbocycles. The summed E-state index contributed by atoms with van der Waals surface area (Å²) < 4.78 is 15.3. The Labute approximate surface area is 171 Å². The minimum absolute atomic E-state index is 0.0119. The predicted octanol–water partition coefficient (Wildman–Crippen LogP) is 1.85. The first-order chi connectivity index (χ1) is 13.9. The molecule has 152 valence electrons. The van der Waals surface area contributed by atoms with Crippen molar-refractivity contribution in [2.45, 2.75) is 6.92 Å².